The van der Waals surface area contributed by atoms with E-state index < -0.39 is 0 Å². The van der Waals surface area contributed by atoms with Crippen LogP contribution in [0.4, 0.5) is 0 Å². The molecule has 4 rings (SSSR count). The number of aromatic hydroxyl groups is 2. The van der Waals surface area contributed by atoms with Gasteiger partial charge >= 0.3 is 0 Å². The summed E-state index contributed by atoms with van der Waals surface area (Å²) in [6, 6.07) is 0. The van der Waals surface area contributed by atoms with Crippen LogP contribution in [0.2, 0.25) is 0 Å². The number of hydrogen-bond donors (Lipinski definition) is 2. The Morgan fingerprint density at radius 1 is 1.45 bits per heavy atom. The number of fused-ring (bicyclic) bond motifs is 8. The lowest BCUT2D eigenvalue weighted by Gasteiger charge is -2.27. The monoisotopic (exact) mass is 275 g/mol. The Kier molecular flexibility index (Phi) is 2.35. The topological polar surface area (TPSA) is 57.9 Å². The van der Waals surface area contributed by atoms with Gasteiger partial charge in [-0.1, -0.05) is 25.8 Å². The van der Waals surface area contributed by atoms with Gasteiger partial charge < -0.3 is 14.9 Å². The van der Waals surface area contributed by atoms with Gasteiger partial charge in [-0.15, -0.1) is 6.58 Å². The maximum absolute atomic E-state index is 10.6. The Hall–Kier alpha value is -1.42. The van der Waals surface area contributed by atoms with Crippen LogP contribution in [0.1, 0.15) is 49.7 Å². The molecule has 20 heavy (non-hydrogen) atoms. The molecule has 2 fully saturated rings. The molecule has 0 spiro atoms. The van der Waals surface area contributed by atoms with Crippen molar-refractivity contribution in [3.05, 3.63) is 23.8 Å². The molecule has 1 saturated heterocycles. The standard InChI is InChI=1S/C16H21NO3/c1-3-5-6-16-8-9(12-13(16)20-12)10-11(16)15(19)17(7-4-2)14(10)18/h4,9,12-13,18-19H,2-3,5-8H2,1H3. The highest BCUT2D eigenvalue weighted by molar-refractivity contribution is 5.61. The van der Waals surface area contributed by atoms with Gasteiger partial charge in [-0.05, 0) is 12.8 Å². The third-order valence-corrected chi connectivity index (χ3v) is 5.45. The zero-order valence-electron chi connectivity index (χ0n) is 11.8. The van der Waals surface area contributed by atoms with E-state index in [2.05, 4.69) is 13.5 Å². The fourth-order valence-corrected chi connectivity index (χ4v) is 4.63. The van der Waals surface area contributed by atoms with Crippen molar-refractivity contribution in [1.29, 1.82) is 0 Å². The van der Waals surface area contributed by atoms with Crippen LogP contribution >= 0.6 is 0 Å². The van der Waals surface area contributed by atoms with E-state index in [4.69, 9.17) is 4.74 Å². The van der Waals surface area contributed by atoms with E-state index in [1.807, 2.05) is 0 Å². The van der Waals surface area contributed by atoms with Crippen molar-refractivity contribution in [3.8, 4) is 11.8 Å². The van der Waals surface area contributed by atoms with Crippen molar-refractivity contribution in [2.24, 2.45) is 0 Å². The smallest absolute Gasteiger partial charge is 0.198 e. The quantitative estimate of drug-likeness (QED) is 0.641. The first kappa shape index (κ1) is 12.3. The maximum Gasteiger partial charge on any atom is 0.198 e. The summed E-state index contributed by atoms with van der Waals surface area (Å²) < 4.78 is 7.42. The van der Waals surface area contributed by atoms with Crippen LogP contribution in [0.3, 0.4) is 0 Å². The number of nitrogens with zero attached hydrogens (tertiary/aromatic N) is 1. The minimum Gasteiger partial charge on any atom is -0.494 e. The van der Waals surface area contributed by atoms with Crippen LogP contribution < -0.4 is 0 Å². The van der Waals surface area contributed by atoms with Crippen LogP contribution in [-0.4, -0.2) is 27.0 Å². The largest absolute Gasteiger partial charge is 0.494 e. The van der Waals surface area contributed by atoms with E-state index in [0.29, 0.717) is 6.54 Å². The fraction of sp³-hybridized carbons (Fsp3) is 0.625. The molecular weight excluding hydrogens is 254 g/mol. The Balaban J connectivity index is 1.86. The number of ether oxygens (including phenoxy) is 1. The highest BCUT2D eigenvalue weighted by Crippen LogP contribution is 2.71. The van der Waals surface area contributed by atoms with E-state index >= 15 is 0 Å². The molecule has 4 nitrogen and oxygen atoms in total. The van der Waals surface area contributed by atoms with Gasteiger partial charge in [0.1, 0.15) is 0 Å². The first-order valence-electron chi connectivity index (χ1n) is 7.57. The molecule has 4 unspecified atom stereocenters. The molecule has 2 aliphatic carbocycles. The van der Waals surface area contributed by atoms with Crippen molar-refractivity contribution < 1.29 is 14.9 Å². The molecule has 0 aromatic carbocycles. The molecule has 1 aromatic rings. The minimum absolute atomic E-state index is 0.0609. The van der Waals surface area contributed by atoms with Crippen molar-refractivity contribution in [3.63, 3.8) is 0 Å². The molecule has 108 valence electrons. The van der Waals surface area contributed by atoms with Crippen molar-refractivity contribution in [2.45, 2.75) is 62.7 Å². The summed E-state index contributed by atoms with van der Waals surface area (Å²) in [4.78, 5) is 0. The third kappa shape index (κ3) is 1.21. The van der Waals surface area contributed by atoms with Crippen LogP contribution in [-0.2, 0) is 16.7 Å². The van der Waals surface area contributed by atoms with Gasteiger partial charge in [-0.2, -0.15) is 0 Å². The molecular formula is C16H21NO3. The third-order valence-electron chi connectivity index (χ3n) is 5.45. The summed E-state index contributed by atoms with van der Waals surface area (Å²) >= 11 is 0. The lowest BCUT2D eigenvalue weighted by atomic mass is 9.76. The summed E-state index contributed by atoms with van der Waals surface area (Å²) in [6.45, 7) is 6.32. The predicted octanol–water partition coefficient (Wildman–Crippen LogP) is 2.78. The molecule has 0 amide bonds. The zero-order chi connectivity index (χ0) is 14.1. The summed E-state index contributed by atoms with van der Waals surface area (Å²) in [7, 11) is 0. The molecule has 1 aromatic heterocycles. The molecule has 1 aliphatic heterocycles. The van der Waals surface area contributed by atoms with Crippen LogP contribution in [0.5, 0.6) is 11.8 Å². The first-order chi connectivity index (χ1) is 9.65. The van der Waals surface area contributed by atoms with Gasteiger partial charge in [0.2, 0.25) is 0 Å². The number of aromatic nitrogens is 1. The van der Waals surface area contributed by atoms with E-state index in [0.717, 1.165) is 36.8 Å². The fourth-order valence-electron chi connectivity index (χ4n) is 4.63. The summed E-state index contributed by atoms with van der Waals surface area (Å²) in [5.74, 6) is 0.712. The zero-order valence-corrected chi connectivity index (χ0v) is 11.8. The Labute approximate surface area is 118 Å². The lowest BCUT2D eigenvalue weighted by molar-refractivity contribution is 0.216. The summed E-state index contributed by atoms with van der Waals surface area (Å²) in [5.41, 5.74) is 1.85. The molecule has 0 radical (unpaired) electrons. The van der Waals surface area contributed by atoms with Gasteiger partial charge in [0.05, 0.1) is 12.2 Å². The molecule has 1 saturated carbocycles. The lowest BCUT2D eigenvalue weighted by Crippen LogP contribution is -2.28. The van der Waals surface area contributed by atoms with Crippen molar-refractivity contribution in [2.75, 3.05) is 0 Å². The molecule has 2 heterocycles. The first-order valence-corrected chi connectivity index (χ1v) is 7.57. The number of allylic oxidation sites excluding steroid dienone is 1. The maximum atomic E-state index is 10.6. The van der Waals surface area contributed by atoms with Gasteiger partial charge in [0, 0.05) is 29.0 Å². The van der Waals surface area contributed by atoms with Crippen LogP contribution in [0.15, 0.2) is 12.7 Å². The second-order valence-corrected chi connectivity index (χ2v) is 6.43. The summed E-state index contributed by atoms with van der Waals surface area (Å²) in [6.07, 6.45) is 6.57. The molecule has 3 aliphatic rings. The van der Waals surface area contributed by atoms with E-state index in [1.54, 1.807) is 10.6 Å². The molecule has 2 bridgehead atoms. The number of epoxide rings is 1. The number of unbranched alkanes of at least 4 members (excludes halogenated alkanes) is 1. The Bertz CT molecular complexity index is 591. The normalized spacial score (nSPS) is 36.0. The van der Waals surface area contributed by atoms with Gasteiger partial charge in [0.15, 0.2) is 11.8 Å². The second kappa shape index (κ2) is 3.82. The van der Waals surface area contributed by atoms with Gasteiger partial charge in [-0.3, -0.25) is 4.57 Å². The molecule has 4 heteroatoms. The predicted molar refractivity (Wildman–Crippen MR) is 75.2 cm³/mol. The highest BCUT2D eigenvalue weighted by Gasteiger charge is 2.72. The number of hydrogen-bond acceptors (Lipinski definition) is 3. The molecule has 4 atom stereocenters. The summed E-state index contributed by atoms with van der Waals surface area (Å²) in [5, 5.41) is 21.0. The Morgan fingerprint density at radius 3 is 2.95 bits per heavy atom. The SMILES string of the molecule is C=CCn1c(O)c2c(c1O)C1(CCCC)CC2C2OC21. The minimum atomic E-state index is -0.0609. The average Bonchev–Trinajstić information content (AvgIpc) is 3.04. The van der Waals surface area contributed by atoms with E-state index in [1.165, 1.54) is 0 Å². The van der Waals surface area contributed by atoms with Crippen LogP contribution in [0.25, 0.3) is 0 Å². The van der Waals surface area contributed by atoms with E-state index in [-0.39, 0.29) is 35.3 Å². The van der Waals surface area contributed by atoms with E-state index in [9.17, 15) is 10.2 Å². The van der Waals surface area contributed by atoms with Gasteiger partial charge in [0.25, 0.3) is 0 Å². The Morgan fingerprint density at radius 2 is 2.25 bits per heavy atom. The van der Waals surface area contributed by atoms with Crippen molar-refractivity contribution >= 4 is 0 Å². The highest BCUT2D eigenvalue weighted by atomic mass is 16.6. The van der Waals surface area contributed by atoms with Gasteiger partial charge in [-0.25, -0.2) is 0 Å². The molecule has 2 N–H and O–H groups in total. The number of rotatable bonds is 5. The van der Waals surface area contributed by atoms with Crippen LogP contribution in [0, 0.1) is 0 Å². The van der Waals surface area contributed by atoms with Crippen molar-refractivity contribution in [1.82, 2.24) is 4.57 Å². The average molecular weight is 275 g/mol. The second-order valence-electron chi connectivity index (χ2n) is 6.43.